The van der Waals surface area contributed by atoms with Gasteiger partial charge in [-0.15, -0.1) is 10.2 Å². The zero-order valence-electron chi connectivity index (χ0n) is 11.4. The van der Waals surface area contributed by atoms with Gasteiger partial charge in [0.25, 0.3) is 0 Å². The van der Waals surface area contributed by atoms with E-state index in [1.54, 1.807) is 7.05 Å². The summed E-state index contributed by atoms with van der Waals surface area (Å²) in [6.45, 7) is 0. The van der Waals surface area contributed by atoms with Gasteiger partial charge in [0.15, 0.2) is 11.6 Å². The Labute approximate surface area is 129 Å². The molecule has 0 spiro atoms. The van der Waals surface area contributed by atoms with Crippen LogP contribution in [0, 0.1) is 11.6 Å². The number of halogens is 3. The van der Waals surface area contributed by atoms with E-state index in [1.807, 2.05) is 0 Å². The lowest BCUT2D eigenvalue weighted by Crippen LogP contribution is -1.99. The fourth-order valence-corrected chi connectivity index (χ4v) is 2.38. The van der Waals surface area contributed by atoms with Crippen LogP contribution < -0.4 is 0 Å². The number of rotatable bonds is 2. The van der Waals surface area contributed by atoms with E-state index in [4.69, 9.17) is 11.6 Å². The molecular formula is C15H10ClF2N3O. The summed E-state index contributed by atoms with van der Waals surface area (Å²) in [6.07, 6.45) is 0. The molecule has 0 aliphatic rings. The second kappa shape index (κ2) is 5.38. The molecule has 1 heterocycles. The van der Waals surface area contributed by atoms with Gasteiger partial charge in [-0.2, -0.15) is 0 Å². The van der Waals surface area contributed by atoms with Crippen molar-refractivity contribution in [1.29, 1.82) is 0 Å². The van der Waals surface area contributed by atoms with Crippen LogP contribution in [0.5, 0.6) is 5.75 Å². The van der Waals surface area contributed by atoms with E-state index in [0.29, 0.717) is 16.4 Å². The fourth-order valence-electron chi connectivity index (χ4n) is 2.18. The first-order chi connectivity index (χ1) is 10.5. The van der Waals surface area contributed by atoms with Gasteiger partial charge in [-0.25, -0.2) is 8.78 Å². The van der Waals surface area contributed by atoms with Crippen LogP contribution in [0.4, 0.5) is 8.78 Å². The number of phenolic OH excluding ortho intramolecular Hbond substituents is 1. The molecule has 3 rings (SSSR count). The number of nitrogens with zero attached hydrogens (tertiary/aromatic N) is 3. The van der Waals surface area contributed by atoms with Gasteiger partial charge >= 0.3 is 0 Å². The van der Waals surface area contributed by atoms with Crippen LogP contribution in [0.2, 0.25) is 5.02 Å². The van der Waals surface area contributed by atoms with Crippen molar-refractivity contribution in [1.82, 2.24) is 14.8 Å². The standard InChI is InChI=1S/C15H10ClF2N3O/c1-21-14(9-7-8(22)5-6-10(9)16)19-20-15(21)13-11(17)3-2-4-12(13)18/h2-7,22H,1H3. The molecule has 0 saturated heterocycles. The molecule has 2 aromatic carbocycles. The number of aromatic nitrogens is 3. The maximum atomic E-state index is 13.9. The maximum absolute atomic E-state index is 13.9. The third kappa shape index (κ3) is 2.31. The first-order valence-electron chi connectivity index (χ1n) is 6.31. The van der Waals surface area contributed by atoms with E-state index in [1.165, 1.54) is 28.8 Å². The minimum absolute atomic E-state index is 0.000947. The lowest BCUT2D eigenvalue weighted by atomic mass is 10.1. The number of hydrogen-bond acceptors (Lipinski definition) is 3. The molecule has 0 aliphatic carbocycles. The van der Waals surface area contributed by atoms with Gasteiger partial charge in [-0.3, -0.25) is 0 Å². The SMILES string of the molecule is Cn1c(-c2cc(O)ccc2Cl)nnc1-c1c(F)cccc1F. The van der Waals surface area contributed by atoms with Crippen molar-refractivity contribution in [3.63, 3.8) is 0 Å². The van der Waals surface area contributed by atoms with Crippen LogP contribution in [0.15, 0.2) is 36.4 Å². The number of hydrogen-bond donors (Lipinski definition) is 1. The Kier molecular flexibility index (Phi) is 3.54. The average Bonchev–Trinajstić information content (AvgIpc) is 2.83. The second-order valence-corrected chi connectivity index (χ2v) is 5.07. The first kappa shape index (κ1) is 14.5. The molecule has 1 aromatic heterocycles. The van der Waals surface area contributed by atoms with Crippen LogP contribution in [0.1, 0.15) is 0 Å². The predicted octanol–water partition coefficient (Wildman–Crippen LogP) is 3.79. The van der Waals surface area contributed by atoms with Gasteiger partial charge < -0.3 is 9.67 Å². The van der Waals surface area contributed by atoms with E-state index in [-0.39, 0.29) is 17.1 Å². The largest absolute Gasteiger partial charge is 0.508 e. The highest BCUT2D eigenvalue weighted by Gasteiger charge is 2.20. The van der Waals surface area contributed by atoms with Crippen LogP contribution in [0.25, 0.3) is 22.8 Å². The van der Waals surface area contributed by atoms with Crippen LogP contribution in [-0.2, 0) is 7.05 Å². The van der Waals surface area contributed by atoms with Gasteiger partial charge in [-0.05, 0) is 30.3 Å². The highest BCUT2D eigenvalue weighted by atomic mass is 35.5. The highest BCUT2D eigenvalue weighted by molar-refractivity contribution is 6.33. The summed E-state index contributed by atoms with van der Waals surface area (Å²) in [5.74, 6) is -1.14. The van der Waals surface area contributed by atoms with Crippen LogP contribution >= 0.6 is 11.6 Å². The Balaban J connectivity index is 2.20. The number of aromatic hydroxyl groups is 1. The Morgan fingerprint density at radius 2 is 1.68 bits per heavy atom. The summed E-state index contributed by atoms with van der Waals surface area (Å²) in [5.41, 5.74) is 0.152. The summed E-state index contributed by atoms with van der Waals surface area (Å²) in [7, 11) is 1.57. The molecule has 22 heavy (non-hydrogen) atoms. The topological polar surface area (TPSA) is 50.9 Å². The Bertz CT molecular complexity index is 844. The Hall–Kier alpha value is -2.47. The molecular weight excluding hydrogens is 312 g/mol. The van der Waals surface area contributed by atoms with E-state index >= 15 is 0 Å². The minimum Gasteiger partial charge on any atom is -0.508 e. The zero-order chi connectivity index (χ0) is 15.9. The summed E-state index contributed by atoms with van der Waals surface area (Å²) < 4.78 is 29.2. The van der Waals surface area contributed by atoms with Crippen molar-refractivity contribution in [3.05, 3.63) is 53.1 Å². The molecule has 1 N–H and O–H groups in total. The molecule has 0 saturated carbocycles. The van der Waals surface area contributed by atoms with Gasteiger partial charge in [0.1, 0.15) is 17.4 Å². The number of benzene rings is 2. The molecule has 0 fully saturated rings. The van der Waals surface area contributed by atoms with Crippen molar-refractivity contribution in [3.8, 4) is 28.5 Å². The summed E-state index contributed by atoms with van der Waals surface area (Å²) in [4.78, 5) is 0. The Morgan fingerprint density at radius 3 is 2.36 bits per heavy atom. The molecule has 0 radical (unpaired) electrons. The third-order valence-corrected chi connectivity index (χ3v) is 3.58. The van der Waals surface area contributed by atoms with Crippen molar-refractivity contribution in [2.75, 3.05) is 0 Å². The third-order valence-electron chi connectivity index (χ3n) is 3.25. The Morgan fingerprint density at radius 1 is 1.05 bits per heavy atom. The van der Waals surface area contributed by atoms with Crippen molar-refractivity contribution >= 4 is 11.6 Å². The van der Waals surface area contributed by atoms with E-state index in [0.717, 1.165) is 12.1 Å². The first-order valence-corrected chi connectivity index (χ1v) is 6.69. The predicted molar refractivity (Wildman–Crippen MR) is 78.5 cm³/mol. The van der Waals surface area contributed by atoms with E-state index in [2.05, 4.69) is 10.2 Å². The quantitative estimate of drug-likeness (QED) is 0.781. The molecule has 112 valence electrons. The molecule has 0 unspecified atom stereocenters. The fraction of sp³-hybridized carbons (Fsp3) is 0.0667. The summed E-state index contributed by atoms with van der Waals surface area (Å²) in [5, 5.41) is 17.7. The van der Waals surface area contributed by atoms with Gasteiger partial charge in [0, 0.05) is 12.6 Å². The molecule has 3 aromatic rings. The van der Waals surface area contributed by atoms with Gasteiger partial charge in [0.05, 0.1) is 10.6 Å². The van der Waals surface area contributed by atoms with Crippen molar-refractivity contribution in [2.45, 2.75) is 0 Å². The highest BCUT2D eigenvalue weighted by Crippen LogP contribution is 2.32. The van der Waals surface area contributed by atoms with Crippen molar-refractivity contribution in [2.24, 2.45) is 7.05 Å². The maximum Gasteiger partial charge on any atom is 0.169 e. The summed E-state index contributed by atoms with van der Waals surface area (Å²) >= 11 is 6.08. The van der Waals surface area contributed by atoms with Gasteiger partial charge in [-0.1, -0.05) is 17.7 Å². The zero-order valence-corrected chi connectivity index (χ0v) is 12.1. The van der Waals surface area contributed by atoms with E-state index in [9.17, 15) is 13.9 Å². The van der Waals surface area contributed by atoms with Crippen LogP contribution in [0.3, 0.4) is 0 Å². The smallest absolute Gasteiger partial charge is 0.169 e. The average molecular weight is 322 g/mol. The molecule has 0 atom stereocenters. The number of phenols is 1. The molecule has 4 nitrogen and oxygen atoms in total. The second-order valence-electron chi connectivity index (χ2n) is 4.67. The van der Waals surface area contributed by atoms with Crippen molar-refractivity contribution < 1.29 is 13.9 Å². The van der Waals surface area contributed by atoms with E-state index < -0.39 is 11.6 Å². The molecule has 0 aliphatic heterocycles. The lowest BCUT2D eigenvalue weighted by Gasteiger charge is -2.07. The molecule has 0 amide bonds. The lowest BCUT2D eigenvalue weighted by molar-refractivity contribution is 0.475. The summed E-state index contributed by atoms with van der Waals surface area (Å²) in [6, 6.07) is 7.91. The normalized spacial score (nSPS) is 10.9. The molecule has 7 heteroatoms. The van der Waals surface area contributed by atoms with Gasteiger partial charge in [0.2, 0.25) is 0 Å². The molecule has 0 bridgehead atoms. The van der Waals surface area contributed by atoms with Crippen LogP contribution in [-0.4, -0.2) is 19.9 Å². The minimum atomic E-state index is -0.732. The monoisotopic (exact) mass is 321 g/mol.